The third kappa shape index (κ3) is 3.03. The lowest BCUT2D eigenvalue weighted by atomic mass is 10.0. The van der Waals surface area contributed by atoms with Crippen LogP contribution >= 0.6 is 15.9 Å². The zero-order chi connectivity index (χ0) is 14.7. The maximum atomic E-state index is 12.6. The monoisotopic (exact) mass is 339 g/mol. The van der Waals surface area contributed by atoms with Crippen LogP contribution in [0.5, 0.6) is 0 Å². The summed E-state index contributed by atoms with van der Waals surface area (Å²) in [6.45, 7) is 2.54. The molecule has 1 aromatic carbocycles. The van der Waals surface area contributed by atoms with Crippen molar-refractivity contribution in [2.24, 2.45) is 0 Å². The first-order valence-corrected chi connectivity index (χ1v) is 7.49. The number of halogens is 1. The van der Waals surface area contributed by atoms with Crippen molar-refractivity contribution >= 4 is 27.8 Å². The normalized spacial score (nSPS) is 18.8. The van der Waals surface area contributed by atoms with E-state index in [1.54, 1.807) is 11.0 Å². The lowest BCUT2D eigenvalue weighted by Crippen LogP contribution is -2.48. The number of nitrogens with zero attached hydrogens (tertiary/aromatic N) is 1. The summed E-state index contributed by atoms with van der Waals surface area (Å²) in [4.78, 5) is 26.0. The van der Waals surface area contributed by atoms with Crippen LogP contribution in [0, 0.1) is 6.92 Å². The number of carbonyl (C=O) groups excluding carboxylic acids is 2. The van der Waals surface area contributed by atoms with Crippen LogP contribution in [0.4, 0.5) is 0 Å². The van der Waals surface area contributed by atoms with Crippen molar-refractivity contribution in [2.45, 2.75) is 32.2 Å². The Morgan fingerprint density at radius 3 is 2.75 bits per heavy atom. The summed E-state index contributed by atoms with van der Waals surface area (Å²) >= 11 is 3.42. The summed E-state index contributed by atoms with van der Waals surface area (Å²) in [5, 5.41) is 0. The Morgan fingerprint density at radius 2 is 2.10 bits per heavy atom. The van der Waals surface area contributed by atoms with E-state index in [9.17, 15) is 9.59 Å². The number of methoxy groups -OCH3 is 1. The summed E-state index contributed by atoms with van der Waals surface area (Å²) in [6, 6.07) is 5.03. The summed E-state index contributed by atoms with van der Waals surface area (Å²) in [7, 11) is 1.36. The van der Waals surface area contributed by atoms with Gasteiger partial charge in [0.25, 0.3) is 5.91 Å². The van der Waals surface area contributed by atoms with E-state index in [-0.39, 0.29) is 11.9 Å². The minimum Gasteiger partial charge on any atom is -0.467 e. The number of aryl methyl sites for hydroxylation is 1. The maximum Gasteiger partial charge on any atom is 0.328 e. The number of rotatable bonds is 2. The van der Waals surface area contributed by atoms with Crippen molar-refractivity contribution in [3.8, 4) is 0 Å². The predicted molar refractivity (Wildman–Crippen MR) is 79.6 cm³/mol. The van der Waals surface area contributed by atoms with E-state index in [1.807, 2.05) is 19.1 Å². The van der Waals surface area contributed by atoms with E-state index in [2.05, 4.69) is 15.9 Å². The molecule has 1 amide bonds. The molecule has 1 heterocycles. The van der Waals surface area contributed by atoms with Crippen LogP contribution in [0.25, 0.3) is 0 Å². The summed E-state index contributed by atoms with van der Waals surface area (Å²) in [6.07, 6.45) is 2.55. The van der Waals surface area contributed by atoms with Gasteiger partial charge in [-0.05, 0) is 49.9 Å². The minimum absolute atomic E-state index is 0.101. The van der Waals surface area contributed by atoms with Gasteiger partial charge in [-0.1, -0.05) is 15.9 Å². The highest BCUT2D eigenvalue weighted by molar-refractivity contribution is 9.10. The SMILES string of the molecule is COC(=O)[C@H]1CCCCN1C(=O)c1ccc(Br)c(C)c1. The van der Waals surface area contributed by atoms with Gasteiger partial charge in [0, 0.05) is 16.6 Å². The number of benzene rings is 1. The summed E-state index contributed by atoms with van der Waals surface area (Å²) < 4.78 is 5.78. The molecule has 2 rings (SSSR count). The molecule has 1 aliphatic rings. The molecule has 1 saturated heterocycles. The largest absolute Gasteiger partial charge is 0.467 e. The molecule has 20 heavy (non-hydrogen) atoms. The van der Waals surface area contributed by atoms with Crippen molar-refractivity contribution in [1.29, 1.82) is 0 Å². The molecule has 0 spiro atoms. The van der Waals surface area contributed by atoms with Gasteiger partial charge in [-0.15, -0.1) is 0 Å². The first-order chi connectivity index (χ1) is 9.54. The lowest BCUT2D eigenvalue weighted by molar-refractivity contribution is -0.147. The number of hydrogen-bond acceptors (Lipinski definition) is 3. The molecular weight excluding hydrogens is 322 g/mol. The second kappa shape index (κ2) is 6.39. The van der Waals surface area contributed by atoms with Crippen molar-refractivity contribution in [3.05, 3.63) is 33.8 Å². The Labute approximate surface area is 127 Å². The van der Waals surface area contributed by atoms with Crippen LogP contribution in [0.15, 0.2) is 22.7 Å². The van der Waals surface area contributed by atoms with Crippen molar-refractivity contribution in [1.82, 2.24) is 4.90 Å². The molecule has 108 valence electrons. The molecule has 0 bridgehead atoms. The molecular formula is C15H18BrNO3. The van der Waals surface area contributed by atoms with Crippen LogP contribution in [-0.2, 0) is 9.53 Å². The fourth-order valence-corrected chi connectivity index (χ4v) is 2.75. The Kier molecular flexibility index (Phi) is 4.81. The molecule has 0 radical (unpaired) electrons. The van der Waals surface area contributed by atoms with Gasteiger partial charge >= 0.3 is 5.97 Å². The number of ether oxygens (including phenoxy) is 1. The molecule has 1 aromatic rings. The third-order valence-electron chi connectivity index (χ3n) is 3.64. The fraction of sp³-hybridized carbons (Fsp3) is 0.467. The van der Waals surface area contributed by atoms with E-state index in [0.29, 0.717) is 18.5 Å². The minimum atomic E-state index is -0.454. The van der Waals surface area contributed by atoms with Gasteiger partial charge in [0.1, 0.15) is 6.04 Å². The highest BCUT2D eigenvalue weighted by atomic mass is 79.9. The van der Waals surface area contributed by atoms with Crippen LogP contribution in [0.2, 0.25) is 0 Å². The lowest BCUT2D eigenvalue weighted by Gasteiger charge is -2.33. The Balaban J connectivity index is 2.25. The van der Waals surface area contributed by atoms with Gasteiger partial charge in [0.15, 0.2) is 0 Å². The van der Waals surface area contributed by atoms with E-state index in [4.69, 9.17) is 4.74 Å². The summed E-state index contributed by atoms with van der Waals surface area (Å²) in [5.74, 6) is -0.428. The zero-order valence-corrected chi connectivity index (χ0v) is 13.3. The topological polar surface area (TPSA) is 46.6 Å². The molecule has 5 heteroatoms. The second-order valence-corrected chi connectivity index (χ2v) is 5.85. The number of hydrogen-bond donors (Lipinski definition) is 0. The Hall–Kier alpha value is -1.36. The van der Waals surface area contributed by atoms with E-state index in [0.717, 1.165) is 22.9 Å². The first kappa shape index (κ1) is 15.0. The quantitative estimate of drug-likeness (QED) is 0.778. The van der Waals surface area contributed by atoms with E-state index >= 15 is 0 Å². The third-order valence-corrected chi connectivity index (χ3v) is 4.53. The molecule has 1 aliphatic heterocycles. The molecule has 0 aliphatic carbocycles. The molecule has 1 fully saturated rings. The number of esters is 1. The Bertz CT molecular complexity index is 530. The van der Waals surface area contributed by atoms with E-state index in [1.165, 1.54) is 7.11 Å². The van der Waals surface area contributed by atoms with Crippen LogP contribution in [0.3, 0.4) is 0 Å². The van der Waals surface area contributed by atoms with E-state index < -0.39 is 6.04 Å². The molecule has 0 aromatic heterocycles. The molecule has 4 nitrogen and oxygen atoms in total. The maximum absolute atomic E-state index is 12.6. The Morgan fingerprint density at radius 1 is 1.35 bits per heavy atom. The van der Waals surface area contributed by atoms with Gasteiger partial charge in [0.2, 0.25) is 0 Å². The van der Waals surface area contributed by atoms with Gasteiger partial charge in [0.05, 0.1) is 7.11 Å². The van der Waals surface area contributed by atoms with Crippen LogP contribution < -0.4 is 0 Å². The number of piperidine rings is 1. The first-order valence-electron chi connectivity index (χ1n) is 6.69. The average Bonchev–Trinajstić information content (AvgIpc) is 2.48. The zero-order valence-electron chi connectivity index (χ0n) is 11.7. The molecule has 0 unspecified atom stereocenters. The number of carbonyl (C=O) groups is 2. The second-order valence-electron chi connectivity index (χ2n) is 5.00. The molecule has 0 saturated carbocycles. The number of amides is 1. The average molecular weight is 340 g/mol. The predicted octanol–water partition coefficient (Wildman–Crippen LogP) is 2.93. The van der Waals surface area contributed by atoms with Crippen LogP contribution in [0.1, 0.15) is 35.2 Å². The van der Waals surface area contributed by atoms with Gasteiger partial charge in [-0.2, -0.15) is 0 Å². The van der Waals surface area contributed by atoms with Crippen molar-refractivity contribution in [3.63, 3.8) is 0 Å². The van der Waals surface area contributed by atoms with Crippen molar-refractivity contribution in [2.75, 3.05) is 13.7 Å². The fourth-order valence-electron chi connectivity index (χ4n) is 2.50. The highest BCUT2D eigenvalue weighted by Crippen LogP contribution is 2.23. The van der Waals surface area contributed by atoms with Gasteiger partial charge < -0.3 is 9.64 Å². The van der Waals surface area contributed by atoms with Gasteiger partial charge in [-0.25, -0.2) is 4.79 Å². The standard InChI is InChI=1S/C15H18BrNO3/c1-10-9-11(6-7-12(10)16)14(18)17-8-4-3-5-13(17)15(19)20-2/h6-7,9,13H,3-5,8H2,1-2H3/t13-/m1/s1. The smallest absolute Gasteiger partial charge is 0.328 e. The highest BCUT2D eigenvalue weighted by Gasteiger charge is 2.33. The molecule has 0 N–H and O–H groups in total. The van der Waals surface area contributed by atoms with Crippen LogP contribution in [-0.4, -0.2) is 36.5 Å². The number of likely N-dealkylation sites (tertiary alicyclic amines) is 1. The summed E-state index contributed by atoms with van der Waals surface area (Å²) in [5.41, 5.74) is 1.61. The van der Waals surface area contributed by atoms with Gasteiger partial charge in [-0.3, -0.25) is 4.79 Å². The van der Waals surface area contributed by atoms with Crippen molar-refractivity contribution < 1.29 is 14.3 Å². The molecule has 1 atom stereocenters.